The molecule has 18 aromatic carbocycles. The molecule has 12 aliphatic rings. The number of fused-ring (bicyclic) bond motifs is 31. The Labute approximate surface area is 749 Å². The van der Waals surface area contributed by atoms with Crippen LogP contribution in [0.3, 0.4) is 0 Å². The maximum Gasteiger partial charge on any atom is 0.247 e. The number of hydrogen-bond donors (Lipinski definition) is 0. The molecule has 0 saturated heterocycles. The largest absolute Gasteiger partial charge is 0.247 e. The summed E-state index contributed by atoms with van der Waals surface area (Å²) in [6.45, 7) is 1.68. The highest BCUT2D eigenvalue weighted by Gasteiger charge is 2.47. The Bertz CT molecular complexity index is 7100. The smallest absolute Gasteiger partial charge is 0.0911 e. The maximum atomic E-state index is 2.51. The minimum Gasteiger partial charge on any atom is -0.0911 e. The molecule has 18 aromatic rings. The molecule has 0 N–H and O–H groups in total. The molecular formula is C102H54B6S12. The quantitative estimate of drug-likeness (QED) is 0.133. The summed E-state index contributed by atoms with van der Waals surface area (Å²) in [7, 11) is 0. The average molecular weight is 1730 g/mol. The monoisotopic (exact) mass is 1730 g/mol. The van der Waals surface area contributed by atoms with Crippen LogP contribution in [0.1, 0.15) is 0 Å². The Hall–Kier alpha value is -8.67. The van der Waals surface area contributed by atoms with Crippen LogP contribution in [-0.4, -0.2) is 40.3 Å². The van der Waals surface area contributed by atoms with Crippen LogP contribution in [0.25, 0.3) is 32.3 Å². The molecule has 0 bridgehead atoms. The third-order valence-corrected chi connectivity index (χ3v) is 40.3. The summed E-state index contributed by atoms with van der Waals surface area (Å²) in [4.78, 5) is 33.6. The van der Waals surface area contributed by atoms with Gasteiger partial charge in [-0.3, -0.25) is 0 Å². The molecule has 0 radical (unpaired) electrons. The van der Waals surface area contributed by atoms with Gasteiger partial charge in [-0.15, -0.1) is 0 Å². The first-order valence-corrected chi connectivity index (χ1v) is 50.5. The lowest BCUT2D eigenvalue weighted by molar-refractivity contribution is 1.33. The standard InChI is InChI=1S/3C34H18B2S4/c1-3-9-25-21(7-1)35-23-15-19-18-32-24(16-20(19)17-31(23)39-29-13-5-11-27(37-25)33(29)35)36-22-8-2-4-10-26(22)38-28-12-6-14-30(40-32)34(28)36;1-3-9-23-21(7-1)35-31-19-15-18-30-32(20(19)16-17-29(31)39-27-13-5-11-25(37-23)33(27)35)36-22-8-2-4-10-24(22)38-26-12-6-14-28(40-30)34(26)36;1-3-9-25-21(7-1)35-23-17-15-20-19(33(23)39-29-13-5-11-27(37-25)31(29)35)16-18-24-34(20)40-30-14-6-12-28-32(30)36(24)22-8-2-4-10-26(22)38-28/h3*1-18H. The molecule has 0 aromatic heterocycles. The fourth-order valence-electron chi connectivity index (χ4n) is 21.2. The summed E-state index contributed by atoms with van der Waals surface area (Å²) in [6.07, 6.45) is 0. The van der Waals surface area contributed by atoms with Crippen molar-refractivity contribution in [2.45, 2.75) is 117 Å². The van der Waals surface area contributed by atoms with Crippen LogP contribution < -0.4 is 98.3 Å². The molecule has 120 heavy (non-hydrogen) atoms. The second kappa shape index (κ2) is 27.4. The first-order chi connectivity index (χ1) is 59.5. The first-order valence-electron chi connectivity index (χ1n) is 40.7. The van der Waals surface area contributed by atoms with Crippen LogP contribution in [0, 0.1) is 0 Å². The Morgan fingerprint density at radius 2 is 0.333 bits per heavy atom. The minimum atomic E-state index is 0.259. The molecule has 0 aliphatic carbocycles. The average Bonchev–Trinajstić information content (AvgIpc) is 0.696. The van der Waals surface area contributed by atoms with Gasteiger partial charge < -0.3 is 0 Å². The SMILES string of the molecule is c1ccc2c(c1)Sc1cccc3c1B2c1c(ccc2c4c(ccc12)Sc1cccc2c1B4c1ccccc1S2)S3.c1ccc2c(c1)Sc1cccc3c1B2c1cc2cc4c(cc2cc1S3)B1c2ccccc2Sc2cccc(c21)S4.c1ccc2c(c1)Sc1cccc3c1B2c1ccc2c4c(ccc2c1S3)B1c2ccccc2Sc2cccc(c21)S4. The molecule has 0 nitrogen and oxygen atoms in total. The van der Waals surface area contributed by atoms with Crippen molar-refractivity contribution in [1.82, 2.24) is 0 Å². The lowest BCUT2D eigenvalue weighted by atomic mass is 9.34. The molecule has 12 aliphatic heterocycles. The van der Waals surface area contributed by atoms with E-state index in [9.17, 15) is 0 Å². The summed E-state index contributed by atoms with van der Waals surface area (Å²) in [5.74, 6) is 0. The number of hydrogen-bond acceptors (Lipinski definition) is 12. The van der Waals surface area contributed by atoms with Crippen molar-refractivity contribution in [3.05, 3.63) is 328 Å². The molecule has 0 atom stereocenters. The Kier molecular flexibility index (Phi) is 16.2. The second-order valence-corrected chi connectivity index (χ2v) is 45.2. The maximum absolute atomic E-state index is 2.51. The molecule has 552 valence electrons. The van der Waals surface area contributed by atoms with E-state index >= 15 is 0 Å². The summed E-state index contributed by atoms with van der Waals surface area (Å²) in [5.41, 5.74) is 26.4. The molecule has 18 heteroatoms. The molecule has 12 heterocycles. The zero-order valence-corrected chi connectivity index (χ0v) is 73.3. The van der Waals surface area contributed by atoms with E-state index < -0.39 is 0 Å². The van der Waals surface area contributed by atoms with Gasteiger partial charge in [-0.2, -0.15) is 0 Å². The van der Waals surface area contributed by atoms with Gasteiger partial charge in [0.25, 0.3) is 0 Å². The highest BCUT2D eigenvalue weighted by molar-refractivity contribution is 8.04. The third-order valence-electron chi connectivity index (χ3n) is 26.2. The van der Waals surface area contributed by atoms with E-state index in [4.69, 9.17) is 0 Å². The Morgan fingerprint density at radius 1 is 0.125 bits per heavy atom. The zero-order valence-electron chi connectivity index (χ0n) is 63.5. The van der Waals surface area contributed by atoms with Crippen LogP contribution in [0.15, 0.2) is 445 Å². The molecule has 0 spiro atoms. The van der Waals surface area contributed by atoms with E-state index in [-0.39, 0.29) is 13.4 Å². The van der Waals surface area contributed by atoms with Crippen molar-refractivity contribution in [3.8, 4) is 0 Å². The van der Waals surface area contributed by atoms with E-state index in [1.165, 1.54) is 248 Å². The van der Waals surface area contributed by atoms with E-state index in [0.717, 1.165) is 0 Å². The molecule has 0 fully saturated rings. The first kappa shape index (κ1) is 70.8. The second-order valence-electron chi connectivity index (χ2n) is 32.3. The number of rotatable bonds is 0. The van der Waals surface area contributed by atoms with Crippen LogP contribution in [0.5, 0.6) is 0 Å². The topological polar surface area (TPSA) is 0 Å². The fraction of sp³-hybridized carbons (Fsp3) is 0. The van der Waals surface area contributed by atoms with Crippen LogP contribution in [0.4, 0.5) is 0 Å². The van der Waals surface area contributed by atoms with Crippen molar-refractivity contribution in [2.24, 2.45) is 0 Å². The van der Waals surface area contributed by atoms with E-state index in [1.54, 1.807) is 0 Å². The van der Waals surface area contributed by atoms with Crippen molar-refractivity contribution in [1.29, 1.82) is 0 Å². The predicted octanol–water partition coefficient (Wildman–Crippen LogP) is 17.2. The van der Waals surface area contributed by atoms with E-state index in [2.05, 4.69) is 328 Å². The minimum absolute atomic E-state index is 0.259. The predicted molar refractivity (Wildman–Crippen MR) is 527 cm³/mol. The van der Waals surface area contributed by atoms with Gasteiger partial charge in [-0.05, 0) is 209 Å². The van der Waals surface area contributed by atoms with Crippen molar-refractivity contribution < 1.29 is 0 Å². The summed E-state index contributed by atoms with van der Waals surface area (Å²) < 4.78 is 0. The number of benzene rings is 18. The van der Waals surface area contributed by atoms with E-state index in [1.807, 2.05) is 141 Å². The Morgan fingerprint density at radius 3 is 0.625 bits per heavy atom. The van der Waals surface area contributed by atoms with Crippen LogP contribution >= 0.6 is 141 Å². The van der Waals surface area contributed by atoms with Crippen molar-refractivity contribution in [3.63, 3.8) is 0 Å². The van der Waals surface area contributed by atoms with Crippen LogP contribution in [-0.2, 0) is 0 Å². The van der Waals surface area contributed by atoms with Gasteiger partial charge in [0.05, 0.1) is 0 Å². The fourth-order valence-corrected chi connectivity index (χ4v) is 36.0. The molecule has 0 amide bonds. The molecule has 30 rings (SSSR count). The Balaban J connectivity index is 0.0000000931. The molecule has 0 unspecified atom stereocenters. The summed E-state index contributed by atoms with van der Waals surface area (Å²) >= 11 is 23.3. The van der Waals surface area contributed by atoms with Gasteiger partial charge in [0.2, 0.25) is 40.3 Å². The normalized spacial score (nSPS) is 15.0. The van der Waals surface area contributed by atoms with Crippen molar-refractivity contribution >= 4 is 312 Å². The van der Waals surface area contributed by atoms with Gasteiger partial charge >= 0.3 is 0 Å². The molecular weight excluding hydrogens is 1670 g/mol. The lowest BCUT2D eigenvalue weighted by Crippen LogP contribution is -2.59. The zero-order chi connectivity index (χ0) is 77.8. The van der Waals surface area contributed by atoms with Crippen molar-refractivity contribution in [2.75, 3.05) is 0 Å². The van der Waals surface area contributed by atoms with E-state index in [0.29, 0.717) is 26.9 Å². The molecule has 0 saturated carbocycles. The summed E-state index contributed by atoms with van der Waals surface area (Å²) in [6, 6.07) is 125. The summed E-state index contributed by atoms with van der Waals surface area (Å²) in [5, 5.41) is 8.29. The highest BCUT2D eigenvalue weighted by Crippen LogP contribution is 2.49. The van der Waals surface area contributed by atoms with Gasteiger partial charge in [0.1, 0.15) is 0 Å². The van der Waals surface area contributed by atoms with Gasteiger partial charge in [0, 0.05) is 117 Å². The van der Waals surface area contributed by atoms with Gasteiger partial charge in [0.15, 0.2) is 0 Å². The van der Waals surface area contributed by atoms with Gasteiger partial charge in [-0.1, -0.05) is 390 Å². The van der Waals surface area contributed by atoms with Gasteiger partial charge in [-0.25, -0.2) is 0 Å². The highest BCUT2D eigenvalue weighted by atomic mass is 32.2. The third kappa shape index (κ3) is 10.5. The van der Waals surface area contributed by atoms with Crippen LogP contribution in [0.2, 0.25) is 0 Å². The lowest BCUT2D eigenvalue weighted by Gasteiger charge is -2.36.